The summed E-state index contributed by atoms with van der Waals surface area (Å²) >= 11 is 5.79. The minimum absolute atomic E-state index is 0.201. The molecule has 0 amide bonds. The van der Waals surface area contributed by atoms with Gasteiger partial charge in [-0.2, -0.15) is 11.1 Å². The van der Waals surface area contributed by atoms with E-state index < -0.39 is 0 Å². The molecule has 0 N–H and O–H groups in total. The maximum atomic E-state index is 5.79. The normalized spacial score (nSPS) is 11.2. The smallest absolute Gasteiger partial charge is 0.125 e. The third kappa shape index (κ3) is 10.3. The summed E-state index contributed by atoms with van der Waals surface area (Å²) in [5.74, 6) is 0.993. The molecule has 20 heavy (non-hydrogen) atoms. The first-order chi connectivity index (χ1) is 9.93. The van der Waals surface area contributed by atoms with E-state index in [2.05, 4.69) is 0 Å². The molecule has 0 unspecified atom stereocenters. The molecule has 0 radical (unpaired) electrons. The lowest BCUT2D eigenvalue weighted by Crippen LogP contribution is -1.96. The van der Waals surface area contributed by atoms with E-state index in [1.165, 1.54) is 63.8 Å². The largest absolute Gasteiger partial charge is 0.494 e. The molecule has 0 aliphatic carbocycles. The van der Waals surface area contributed by atoms with Crippen LogP contribution in [0.1, 0.15) is 57.8 Å². The van der Waals surface area contributed by atoms with Gasteiger partial charge < -0.3 is 4.74 Å². The van der Waals surface area contributed by atoms with Crippen LogP contribution in [0.5, 0.6) is 5.75 Å². The SMILES string of the molecule is Cl[SiH2]CCCCCCCCCCCOc1ccccc1. The van der Waals surface area contributed by atoms with Crippen LogP contribution in [0.4, 0.5) is 0 Å². The fourth-order valence-electron chi connectivity index (χ4n) is 2.32. The number of unbranched alkanes of at least 4 members (excludes halogenated alkanes) is 8. The fourth-order valence-corrected chi connectivity index (χ4v) is 3.43. The summed E-state index contributed by atoms with van der Waals surface area (Å²) < 4.78 is 5.68. The average molecular weight is 313 g/mol. The van der Waals surface area contributed by atoms with Gasteiger partial charge in [-0.1, -0.05) is 69.6 Å². The van der Waals surface area contributed by atoms with Gasteiger partial charge in [0.05, 0.1) is 6.61 Å². The number of ether oxygens (including phenoxy) is 1. The molecule has 1 rings (SSSR count). The average Bonchev–Trinajstić information content (AvgIpc) is 2.49. The Morgan fingerprint density at radius 3 is 1.90 bits per heavy atom. The van der Waals surface area contributed by atoms with E-state index in [0.29, 0.717) is 0 Å². The Balaban J connectivity index is 1.77. The van der Waals surface area contributed by atoms with Gasteiger partial charge in [0.15, 0.2) is 0 Å². The Kier molecular flexibility index (Phi) is 11.9. The molecule has 1 nitrogen and oxygen atoms in total. The van der Waals surface area contributed by atoms with Gasteiger partial charge in [0, 0.05) is 0 Å². The molecule has 1 aromatic carbocycles. The first kappa shape index (κ1) is 17.6. The Hall–Kier alpha value is -0.473. The Morgan fingerprint density at radius 2 is 1.30 bits per heavy atom. The van der Waals surface area contributed by atoms with E-state index >= 15 is 0 Å². The third-order valence-electron chi connectivity index (χ3n) is 3.54. The van der Waals surface area contributed by atoms with Gasteiger partial charge in [-0.3, -0.25) is 0 Å². The van der Waals surface area contributed by atoms with Gasteiger partial charge in [0.2, 0.25) is 0 Å². The van der Waals surface area contributed by atoms with Crippen molar-refractivity contribution in [1.29, 1.82) is 0 Å². The molecule has 0 heterocycles. The zero-order valence-corrected chi connectivity index (χ0v) is 14.8. The van der Waals surface area contributed by atoms with Crippen molar-refractivity contribution < 1.29 is 4.74 Å². The summed E-state index contributed by atoms with van der Waals surface area (Å²) in [5.41, 5.74) is 0. The zero-order valence-electron chi connectivity index (χ0n) is 12.7. The second kappa shape index (κ2) is 13.5. The zero-order chi connectivity index (χ0) is 14.3. The first-order valence-electron chi connectivity index (χ1n) is 8.17. The highest BCUT2D eigenvalue weighted by Crippen LogP contribution is 2.12. The molecule has 0 spiro atoms. The van der Waals surface area contributed by atoms with Crippen molar-refractivity contribution >= 4 is 19.9 Å². The summed E-state index contributed by atoms with van der Waals surface area (Å²) in [5, 5.41) is 0. The van der Waals surface area contributed by atoms with Crippen molar-refractivity contribution in [3.63, 3.8) is 0 Å². The van der Waals surface area contributed by atoms with Crippen LogP contribution in [0, 0.1) is 0 Å². The van der Waals surface area contributed by atoms with Gasteiger partial charge in [0.25, 0.3) is 0 Å². The highest BCUT2D eigenvalue weighted by Gasteiger charge is 1.94. The first-order valence-corrected chi connectivity index (χ1v) is 11.3. The van der Waals surface area contributed by atoms with Crippen LogP contribution in [0.25, 0.3) is 0 Å². The molecule has 0 bridgehead atoms. The quantitative estimate of drug-likeness (QED) is 0.272. The fraction of sp³-hybridized carbons (Fsp3) is 0.647. The number of hydrogen-bond donors (Lipinski definition) is 0. The standard InChI is InChI=1S/C17H29ClOSi/c18-20-16-12-7-5-3-1-2-4-6-11-15-19-17-13-9-8-10-14-17/h8-10,13-14H,1-7,11-12,15-16,20H2. The molecule has 0 aliphatic heterocycles. The van der Waals surface area contributed by atoms with Crippen LogP contribution in [-0.4, -0.2) is 15.4 Å². The van der Waals surface area contributed by atoms with E-state index in [1.807, 2.05) is 30.3 Å². The van der Waals surface area contributed by atoms with Crippen LogP contribution in [0.3, 0.4) is 0 Å². The highest BCUT2D eigenvalue weighted by molar-refractivity contribution is 6.93. The molecule has 0 saturated heterocycles. The van der Waals surface area contributed by atoms with E-state index in [4.69, 9.17) is 15.8 Å². The number of rotatable bonds is 13. The lowest BCUT2D eigenvalue weighted by molar-refractivity contribution is 0.304. The van der Waals surface area contributed by atoms with Crippen molar-refractivity contribution in [3.8, 4) is 5.75 Å². The summed E-state index contributed by atoms with van der Waals surface area (Å²) in [7, 11) is -0.201. The Bertz CT molecular complexity index is 305. The van der Waals surface area contributed by atoms with Crippen molar-refractivity contribution in [1.82, 2.24) is 0 Å². The van der Waals surface area contributed by atoms with Crippen LogP contribution >= 0.6 is 11.1 Å². The van der Waals surface area contributed by atoms with Crippen LogP contribution in [0.15, 0.2) is 30.3 Å². The number of benzene rings is 1. The molecular formula is C17H29ClOSi. The van der Waals surface area contributed by atoms with Crippen molar-refractivity contribution in [2.45, 2.75) is 63.8 Å². The van der Waals surface area contributed by atoms with E-state index in [0.717, 1.165) is 12.4 Å². The maximum absolute atomic E-state index is 5.79. The summed E-state index contributed by atoms with van der Waals surface area (Å²) in [6.07, 6.45) is 12.2. The second-order valence-electron chi connectivity index (χ2n) is 5.39. The maximum Gasteiger partial charge on any atom is 0.125 e. The third-order valence-corrected chi connectivity index (χ3v) is 5.11. The molecule has 0 aromatic heterocycles. The summed E-state index contributed by atoms with van der Waals surface area (Å²) in [6.45, 7) is 0.854. The molecule has 0 saturated carbocycles. The lowest BCUT2D eigenvalue weighted by atomic mass is 10.1. The Morgan fingerprint density at radius 1 is 0.750 bits per heavy atom. The molecular weight excluding hydrogens is 284 g/mol. The van der Waals surface area contributed by atoms with Gasteiger partial charge in [-0.05, 0) is 24.6 Å². The van der Waals surface area contributed by atoms with Crippen molar-refractivity contribution in [3.05, 3.63) is 30.3 Å². The summed E-state index contributed by atoms with van der Waals surface area (Å²) in [4.78, 5) is 0. The Labute approximate surface area is 131 Å². The highest BCUT2D eigenvalue weighted by atomic mass is 35.6. The molecule has 0 atom stereocenters. The predicted octanol–water partition coefficient (Wildman–Crippen LogP) is 5.32. The van der Waals surface area contributed by atoms with Crippen LogP contribution in [-0.2, 0) is 0 Å². The minimum atomic E-state index is -0.201. The van der Waals surface area contributed by atoms with Crippen molar-refractivity contribution in [2.75, 3.05) is 6.61 Å². The van der Waals surface area contributed by atoms with E-state index in [9.17, 15) is 0 Å². The second-order valence-corrected chi connectivity index (χ2v) is 7.60. The lowest BCUT2D eigenvalue weighted by Gasteiger charge is -2.05. The number of para-hydroxylation sites is 1. The topological polar surface area (TPSA) is 9.23 Å². The molecule has 0 fully saturated rings. The number of halogens is 1. The van der Waals surface area contributed by atoms with Gasteiger partial charge in [-0.25, -0.2) is 0 Å². The van der Waals surface area contributed by atoms with Gasteiger partial charge in [-0.15, -0.1) is 0 Å². The van der Waals surface area contributed by atoms with E-state index in [-0.39, 0.29) is 8.83 Å². The van der Waals surface area contributed by atoms with Crippen LogP contribution in [0.2, 0.25) is 6.04 Å². The molecule has 1 aromatic rings. The molecule has 114 valence electrons. The number of hydrogen-bond acceptors (Lipinski definition) is 1. The van der Waals surface area contributed by atoms with Crippen molar-refractivity contribution in [2.24, 2.45) is 0 Å². The predicted molar refractivity (Wildman–Crippen MR) is 92.7 cm³/mol. The van der Waals surface area contributed by atoms with E-state index in [1.54, 1.807) is 0 Å². The molecule has 3 heteroatoms. The minimum Gasteiger partial charge on any atom is -0.494 e. The van der Waals surface area contributed by atoms with Gasteiger partial charge >= 0.3 is 0 Å². The van der Waals surface area contributed by atoms with Gasteiger partial charge in [0.1, 0.15) is 14.6 Å². The van der Waals surface area contributed by atoms with Crippen LogP contribution < -0.4 is 4.74 Å². The monoisotopic (exact) mass is 312 g/mol. The summed E-state index contributed by atoms with van der Waals surface area (Å²) in [6, 6.07) is 11.4. The molecule has 0 aliphatic rings.